The maximum Gasteiger partial charge on any atom is 0.272 e. The average molecular weight is 903 g/mol. The van der Waals surface area contributed by atoms with Crippen LogP contribution in [0.15, 0.2) is 76.9 Å². The maximum absolute atomic E-state index is 13.0. The van der Waals surface area contributed by atoms with Crippen LogP contribution in [0.25, 0.3) is 0 Å². The van der Waals surface area contributed by atoms with Crippen LogP contribution >= 0.6 is 11.8 Å². The van der Waals surface area contributed by atoms with E-state index in [2.05, 4.69) is 45.9 Å². The Balaban J connectivity index is 0.649. The summed E-state index contributed by atoms with van der Waals surface area (Å²) in [5, 5.41) is 27.8. The van der Waals surface area contributed by atoms with Crippen LogP contribution < -0.4 is 31.5 Å². The molecule has 340 valence electrons. The Morgan fingerprint density at radius 3 is 2.58 bits per heavy atom. The van der Waals surface area contributed by atoms with Gasteiger partial charge >= 0.3 is 0 Å². The third kappa shape index (κ3) is 10.3. The summed E-state index contributed by atoms with van der Waals surface area (Å²) in [7, 11) is 0. The molecule has 4 fully saturated rings. The highest BCUT2D eigenvalue weighted by molar-refractivity contribution is 7.99. The van der Waals surface area contributed by atoms with E-state index in [1.807, 2.05) is 41.3 Å². The number of aliphatic hydroxyl groups excluding tert-OH is 1. The number of piperidine rings is 2. The van der Waals surface area contributed by atoms with Gasteiger partial charge in [-0.3, -0.25) is 29.3 Å². The van der Waals surface area contributed by atoms with Gasteiger partial charge in [-0.05, 0) is 86.2 Å². The molecule has 2 aromatic carbocycles. The topological polar surface area (TPSA) is 232 Å². The number of fused-ring (bicyclic) bond motifs is 1. The van der Waals surface area contributed by atoms with Crippen LogP contribution in [0.5, 0.6) is 0 Å². The number of anilines is 3. The zero-order valence-electron chi connectivity index (χ0n) is 36.2. The van der Waals surface area contributed by atoms with E-state index in [0.717, 1.165) is 103 Å². The SMILES string of the molecule is N[C@H]1CCN(c2cnc(Sc3cccc(NC(=O)CCCCCN4CC5(CCN(c6ccc(C(=O)NCc7ccc8c(c7)CN(C7CCC(=O)NC7=O)C8=O)nn6)C5)C4)c3)cn2)C[C@@H]1O. The van der Waals surface area contributed by atoms with Gasteiger partial charge in [-0.15, -0.1) is 10.2 Å². The summed E-state index contributed by atoms with van der Waals surface area (Å²) in [6.45, 7) is 6.53. The molecule has 7 heterocycles. The highest BCUT2D eigenvalue weighted by Crippen LogP contribution is 2.41. The first-order chi connectivity index (χ1) is 31.5. The lowest BCUT2D eigenvalue weighted by Gasteiger charge is -2.48. The molecule has 0 aliphatic carbocycles. The molecule has 5 aliphatic rings. The number of nitrogens with one attached hydrogen (secondary N) is 3. The maximum atomic E-state index is 13.0. The van der Waals surface area contributed by atoms with E-state index in [9.17, 15) is 29.1 Å². The molecular formula is C46H54N12O6S. The van der Waals surface area contributed by atoms with Crippen LogP contribution in [0.4, 0.5) is 17.3 Å². The largest absolute Gasteiger partial charge is 0.390 e. The Morgan fingerprint density at radius 2 is 1.80 bits per heavy atom. The van der Waals surface area contributed by atoms with Crippen molar-refractivity contribution in [1.29, 1.82) is 0 Å². The highest BCUT2D eigenvalue weighted by atomic mass is 32.2. The minimum absolute atomic E-state index is 0.00265. The monoisotopic (exact) mass is 902 g/mol. The number of unbranched alkanes of at least 4 members (excludes halogenated alkanes) is 2. The van der Waals surface area contributed by atoms with Crippen molar-refractivity contribution in [2.75, 3.05) is 60.9 Å². The number of rotatable bonds is 15. The van der Waals surface area contributed by atoms with E-state index in [-0.39, 0.29) is 60.3 Å². The predicted octanol–water partition coefficient (Wildman–Crippen LogP) is 2.72. The van der Waals surface area contributed by atoms with E-state index in [1.54, 1.807) is 30.6 Å². The lowest BCUT2D eigenvalue weighted by molar-refractivity contribution is -0.137. The molecule has 18 nitrogen and oxygen atoms in total. The summed E-state index contributed by atoms with van der Waals surface area (Å²) in [5.41, 5.74) is 9.24. The van der Waals surface area contributed by atoms with Gasteiger partial charge in [-0.25, -0.2) is 9.97 Å². The van der Waals surface area contributed by atoms with Gasteiger partial charge < -0.3 is 41.1 Å². The molecule has 0 bridgehead atoms. The Hall–Kier alpha value is -6.02. The average Bonchev–Trinajstić information content (AvgIpc) is 3.88. The fourth-order valence-electron chi connectivity index (χ4n) is 9.54. The Bertz CT molecular complexity index is 2430. The number of imide groups is 1. The van der Waals surface area contributed by atoms with Crippen molar-refractivity contribution in [3.63, 3.8) is 0 Å². The van der Waals surface area contributed by atoms with E-state index >= 15 is 0 Å². The van der Waals surface area contributed by atoms with Gasteiger partial charge in [0.25, 0.3) is 11.8 Å². The lowest BCUT2D eigenvalue weighted by Crippen LogP contribution is -2.57. The third-order valence-electron chi connectivity index (χ3n) is 13.1. The van der Waals surface area contributed by atoms with Crippen molar-refractivity contribution in [3.8, 4) is 0 Å². The number of benzene rings is 2. The molecule has 6 N–H and O–H groups in total. The van der Waals surface area contributed by atoms with Crippen molar-refractivity contribution in [2.24, 2.45) is 11.1 Å². The van der Waals surface area contributed by atoms with Crippen molar-refractivity contribution in [1.82, 2.24) is 40.6 Å². The van der Waals surface area contributed by atoms with Crippen LogP contribution in [0, 0.1) is 5.41 Å². The fraction of sp³-hybridized carbons (Fsp3) is 0.457. The number of likely N-dealkylation sites (tertiary alicyclic amines) is 1. The van der Waals surface area contributed by atoms with Gasteiger partial charge in [0, 0.05) is 92.8 Å². The van der Waals surface area contributed by atoms with E-state index in [0.29, 0.717) is 31.4 Å². The number of carbonyl (C=O) groups excluding carboxylic acids is 5. The smallest absolute Gasteiger partial charge is 0.272 e. The van der Waals surface area contributed by atoms with Gasteiger partial charge in [0.2, 0.25) is 17.7 Å². The lowest BCUT2D eigenvalue weighted by atomic mass is 9.79. The summed E-state index contributed by atoms with van der Waals surface area (Å²) in [5.74, 6) is 0.116. The number of aromatic nitrogens is 4. The van der Waals surface area contributed by atoms with Crippen molar-refractivity contribution in [2.45, 2.75) is 92.6 Å². The zero-order valence-corrected chi connectivity index (χ0v) is 37.0. The Labute approximate surface area is 381 Å². The van der Waals surface area contributed by atoms with Crippen molar-refractivity contribution in [3.05, 3.63) is 89.4 Å². The van der Waals surface area contributed by atoms with E-state index in [1.165, 1.54) is 16.7 Å². The molecule has 19 heteroatoms. The Morgan fingerprint density at radius 1 is 0.923 bits per heavy atom. The number of nitrogens with two attached hydrogens (primary N) is 1. The van der Waals surface area contributed by atoms with Crippen LogP contribution in [-0.4, -0.2) is 129 Å². The number of aliphatic hydroxyl groups is 1. The number of hydrogen-bond donors (Lipinski definition) is 5. The van der Waals surface area contributed by atoms with Crippen LogP contribution in [0.3, 0.4) is 0 Å². The molecule has 2 aromatic heterocycles. The second-order valence-corrected chi connectivity index (χ2v) is 19.0. The zero-order chi connectivity index (χ0) is 45.1. The van der Waals surface area contributed by atoms with E-state index < -0.39 is 18.1 Å². The first kappa shape index (κ1) is 44.2. The summed E-state index contributed by atoms with van der Waals surface area (Å²) in [4.78, 5) is 81.1. The fourth-order valence-corrected chi connectivity index (χ4v) is 10.3. The number of carbonyl (C=O) groups is 5. The highest BCUT2D eigenvalue weighted by Gasteiger charge is 2.47. The number of hydrogen-bond acceptors (Lipinski definition) is 15. The standard InChI is InChI=1S/C46H54N12O6S/c47-34-14-17-56(25-37(34)59)39-22-49-42(23-48-39)65-32-6-4-5-31(20-32)51-40(60)7-2-1-3-16-55-26-46(27-55)15-18-57(28-46)38-12-10-35(53-54-38)43(62)50-21-29-8-9-33-30(19-29)24-58(45(33)64)36-11-13-41(61)52-44(36)63/h4-6,8-10,12,19-20,22-23,34,36-37,59H,1-3,7,11,13-18,21,24-28,47H2,(H,50,62)(H,51,60)(H,52,61,63)/t34-,36?,37-/m0/s1. The van der Waals surface area contributed by atoms with Crippen molar-refractivity contribution >= 4 is 58.6 Å². The van der Waals surface area contributed by atoms with Gasteiger partial charge in [0.05, 0.1) is 18.5 Å². The molecule has 5 amide bonds. The quantitative estimate of drug-likeness (QED) is 0.0853. The summed E-state index contributed by atoms with van der Waals surface area (Å²) in [6.07, 6.45) is 8.45. The van der Waals surface area contributed by atoms with Crippen LogP contribution in [0.2, 0.25) is 0 Å². The number of amides is 5. The van der Waals surface area contributed by atoms with Crippen LogP contribution in [0.1, 0.15) is 83.3 Å². The second-order valence-electron chi connectivity index (χ2n) is 17.9. The van der Waals surface area contributed by atoms with Gasteiger partial charge in [-0.1, -0.05) is 36.4 Å². The van der Waals surface area contributed by atoms with Crippen molar-refractivity contribution < 1.29 is 29.1 Å². The molecule has 4 saturated heterocycles. The molecule has 0 radical (unpaired) electrons. The molecule has 3 atom stereocenters. The second kappa shape index (κ2) is 19.2. The van der Waals surface area contributed by atoms with E-state index in [4.69, 9.17) is 5.73 Å². The van der Waals surface area contributed by atoms with Gasteiger partial charge in [0.15, 0.2) is 11.5 Å². The third-order valence-corrected chi connectivity index (χ3v) is 14.0. The van der Waals surface area contributed by atoms with Gasteiger partial charge in [0.1, 0.15) is 16.9 Å². The molecule has 0 saturated carbocycles. The summed E-state index contributed by atoms with van der Waals surface area (Å²) in [6, 6.07) is 15.8. The summed E-state index contributed by atoms with van der Waals surface area (Å²) >= 11 is 1.47. The summed E-state index contributed by atoms with van der Waals surface area (Å²) < 4.78 is 0. The first-order valence-electron chi connectivity index (χ1n) is 22.4. The molecule has 5 aliphatic heterocycles. The molecule has 4 aromatic rings. The molecule has 1 spiro atoms. The number of β-amino-alcohol motifs (C(OH)–C–C–N with tert-alkyl or cyclic N) is 1. The van der Waals surface area contributed by atoms with Crippen LogP contribution in [-0.2, 0) is 27.5 Å². The molecular weight excluding hydrogens is 849 g/mol. The molecule has 65 heavy (non-hydrogen) atoms. The normalized spacial score (nSPS) is 21.6. The minimum atomic E-state index is -0.678. The Kier molecular flexibility index (Phi) is 13.1. The van der Waals surface area contributed by atoms with Gasteiger partial charge in [-0.2, -0.15) is 0 Å². The predicted molar refractivity (Wildman–Crippen MR) is 242 cm³/mol. The molecule has 1 unspecified atom stereocenters. The first-order valence-corrected chi connectivity index (χ1v) is 23.2. The minimum Gasteiger partial charge on any atom is -0.390 e. The molecule has 9 rings (SSSR count). The number of nitrogens with zero attached hydrogens (tertiary/aromatic N) is 8.